The lowest BCUT2D eigenvalue weighted by Gasteiger charge is -2.03. The van der Waals surface area contributed by atoms with E-state index in [0.717, 1.165) is 18.5 Å². The lowest BCUT2D eigenvalue weighted by atomic mass is 10.0. The maximum atomic E-state index is 12.3. The van der Waals surface area contributed by atoms with Crippen LogP contribution in [0, 0.1) is 13.8 Å². The summed E-state index contributed by atoms with van der Waals surface area (Å²) in [5.41, 5.74) is 2.54. The molecular formula is C17H27NO3. The van der Waals surface area contributed by atoms with Crippen LogP contribution in [-0.2, 0) is 4.74 Å². The number of aromatic nitrogens is 1. The highest BCUT2D eigenvalue weighted by atomic mass is 16.5. The van der Waals surface area contributed by atoms with Crippen molar-refractivity contribution >= 4 is 11.8 Å². The first kappa shape index (κ1) is 17.5. The summed E-state index contributed by atoms with van der Waals surface area (Å²) in [5, 5.41) is 0. The van der Waals surface area contributed by atoms with Gasteiger partial charge in [0.25, 0.3) is 0 Å². The highest BCUT2D eigenvalue weighted by Crippen LogP contribution is 2.21. The molecule has 21 heavy (non-hydrogen) atoms. The van der Waals surface area contributed by atoms with Gasteiger partial charge in [-0.2, -0.15) is 0 Å². The van der Waals surface area contributed by atoms with E-state index in [1.165, 1.54) is 19.3 Å². The van der Waals surface area contributed by atoms with Gasteiger partial charge in [0.1, 0.15) is 5.69 Å². The Labute approximate surface area is 127 Å². The minimum absolute atomic E-state index is 0.119. The zero-order valence-electron chi connectivity index (χ0n) is 13.7. The molecule has 0 unspecified atom stereocenters. The molecule has 0 fully saturated rings. The summed E-state index contributed by atoms with van der Waals surface area (Å²) >= 11 is 0. The SMILES string of the molecule is CCCCCCCC(=O)c1c(C)[nH]c(C(=O)OCC)c1C. The van der Waals surface area contributed by atoms with Gasteiger partial charge >= 0.3 is 5.97 Å². The molecule has 0 bridgehead atoms. The van der Waals surface area contributed by atoms with Crippen LogP contribution in [-0.4, -0.2) is 23.3 Å². The van der Waals surface area contributed by atoms with E-state index in [1.807, 2.05) is 6.92 Å². The summed E-state index contributed by atoms with van der Waals surface area (Å²) in [6.45, 7) is 7.91. The number of unbranched alkanes of at least 4 members (excludes halogenated alkanes) is 4. The van der Waals surface area contributed by atoms with Crippen molar-refractivity contribution < 1.29 is 14.3 Å². The number of hydrogen-bond donors (Lipinski definition) is 1. The number of carbonyl (C=O) groups excluding carboxylic acids is 2. The van der Waals surface area contributed by atoms with Crippen LogP contribution >= 0.6 is 0 Å². The number of nitrogens with one attached hydrogen (secondary N) is 1. The molecule has 1 aromatic heterocycles. The molecule has 0 aromatic carbocycles. The first-order chi connectivity index (χ1) is 10.0. The van der Waals surface area contributed by atoms with Gasteiger partial charge in [0.2, 0.25) is 0 Å². The largest absolute Gasteiger partial charge is 0.461 e. The Kier molecular flexibility index (Phi) is 7.20. The van der Waals surface area contributed by atoms with Crippen LogP contribution in [0.3, 0.4) is 0 Å². The Morgan fingerprint density at radius 1 is 1.05 bits per heavy atom. The Hall–Kier alpha value is -1.58. The molecule has 1 aromatic rings. The molecule has 0 amide bonds. The van der Waals surface area contributed by atoms with E-state index < -0.39 is 0 Å². The third-order valence-corrected chi connectivity index (χ3v) is 3.70. The van der Waals surface area contributed by atoms with Gasteiger partial charge in [-0.05, 0) is 32.8 Å². The smallest absolute Gasteiger partial charge is 0.355 e. The topological polar surface area (TPSA) is 59.2 Å². The van der Waals surface area contributed by atoms with Gasteiger partial charge in [-0.25, -0.2) is 4.79 Å². The summed E-state index contributed by atoms with van der Waals surface area (Å²) in [5.74, 6) is -0.270. The highest BCUT2D eigenvalue weighted by Gasteiger charge is 2.22. The van der Waals surface area contributed by atoms with Gasteiger partial charge in [0.05, 0.1) is 6.61 Å². The second-order valence-electron chi connectivity index (χ2n) is 5.43. The number of rotatable bonds is 9. The Bertz CT molecular complexity index is 488. The van der Waals surface area contributed by atoms with Crippen molar-refractivity contribution in [3.8, 4) is 0 Å². The Morgan fingerprint density at radius 2 is 1.71 bits per heavy atom. The van der Waals surface area contributed by atoms with Crippen molar-refractivity contribution in [3.63, 3.8) is 0 Å². The van der Waals surface area contributed by atoms with Gasteiger partial charge in [0, 0.05) is 17.7 Å². The quantitative estimate of drug-likeness (QED) is 0.418. The van der Waals surface area contributed by atoms with Crippen LogP contribution in [0.5, 0.6) is 0 Å². The fourth-order valence-corrected chi connectivity index (χ4v) is 2.59. The van der Waals surface area contributed by atoms with Crippen LogP contribution in [0.15, 0.2) is 0 Å². The first-order valence-electron chi connectivity index (χ1n) is 7.92. The van der Waals surface area contributed by atoms with Crippen molar-refractivity contribution in [2.45, 2.75) is 66.2 Å². The van der Waals surface area contributed by atoms with E-state index in [4.69, 9.17) is 4.74 Å². The Balaban J connectivity index is 2.70. The molecule has 0 aliphatic rings. The molecule has 0 radical (unpaired) electrons. The molecule has 118 valence electrons. The van der Waals surface area contributed by atoms with E-state index in [1.54, 1.807) is 13.8 Å². The molecule has 0 saturated carbocycles. The number of aryl methyl sites for hydroxylation is 1. The van der Waals surface area contributed by atoms with Crippen LogP contribution in [0.25, 0.3) is 0 Å². The fraction of sp³-hybridized carbons (Fsp3) is 0.647. The predicted molar refractivity (Wildman–Crippen MR) is 83.9 cm³/mol. The number of aromatic amines is 1. The van der Waals surface area contributed by atoms with Gasteiger partial charge in [-0.3, -0.25) is 4.79 Å². The van der Waals surface area contributed by atoms with Gasteiger partial charge in [-0.15, -0.1) is 0 Å². The third-order valence-electron chi connectivity index (χ3n) is 3.70. The summed E-state index contributed by atoms with van der Waals surface area (Å²) in [6.07, 6.45) is 6.16. The Morgan fingerprint density at radius 3 is 2.33 bits per heavy atom. The molecule has 0 saturated heterocycles. The van der Waals surface area contributed by atoms with Crippen molar-refractivity contribution in [1.82, 2.24) is 4.98 Å². The minimum atomic E-state index is -0.389. The van der Waals surface area contributed by atoms with E-state index >= 15 is 0 Å². The first-order valence-corrected chi connectivity index (χ1v) is 7.92. The number of Topliss-reactive ketones (excluding diaryl/α,β-unsaturated/α-hetero) is 1. The normalized spacial score (nSPS) is 10.7. The maximum absolute atomic E-state index is 12.3. The molecule has 0 aliphatic carbocycles. The molecular weight excluding hydrogens is 266 g/mol. The fourth-order valence-electron chi connectivity index (χ4n) is 2.59. The number of ether oxygens (including phenoxy) is 1. The van der Waals surface area contributed by atoms with Crippen LogP contribution < -0.4 is 0 Å². The lowest BCUT2D eigenvalue weighted by molar-refractivity contribution is 0.0519. The average molecular weight is 293 g/mol. The zero-order chi connectivity index (χ0) is 15.8. The van der Waals surface area contributed by atoms with Gasteiger partial charge in [-0.1, -0.05) is 32.6 Å². The number of carbonyl (C=O) groups is 2. The summed E-state index contributed by atoms with van der Waals surface area (Å²) < 4.78 is 5.00. The molecule has 4 nitrogen and oxygen atoms in total. The molecule has 4 heteroatoms. The summed E-state index contributed by atoms with van der Waals surface area (Å²) in [7, 11) is 0. The second-order valence-corrected chi connectivity index (χ2v) is 5.43. The van der Waals surface area contributed by atoms with Crippen LogP contribution in [0.4, 0.5) is 0 Å². The number of esters is 1. The van der Waals surface area contributed by atoms with Crippen molar-refractivity contribution in [2.75, 3.05) is 6.61 Å². The summed E-state index contributed by atoms with van der Waals surface area (Å²) in [6, 6.07) is 0. The lowest BCUT2D eigenvalue weighted by Crippen LogP contribution is -2.07. The average Bonchev–Trinajstić information content (AvgIpc) is 2.74. The predicted octanol–water partition coefficient (Wildman–Crippen LogP) is 4.35. The maximum Gasteiger partial charge on any atom is 0.355 e. The van der Waals surface area contributed by atoms with Crippen molar-refractivity contribution in [2.24, 2.45) is 0 Å². The molecule has 0 atom stereocenters. The van der Waals surface area contributed by atoms with E-state index in [2.05, 4.69) is 11.9 Å². The monoisotopic (exact) mass is 293 g/mol. The molecule has 1 rings (SSSR count). The van der Waals surface area contributed by atoms with E-state index in [0.29, 0.717) is 29.8 Å². The molecule has 0 aliphatic heterocycles. The van der Waals surface area contributed by atoms with E-state index in [9.17, 15) is 9.59 Å². The van der Waals surface area contributed by atoms with E-state index in [-0.39, 0.29) is 11.8 Å². The van der Waals surface area contributed by atoms with Crippen molar-refractivity contribution in [3.05, 3.63) is 22.5 Å². The zero-order valence-corrected chi connectivity index (χ0v) is 13.7. The highest BCUT2D eigenvalue weighted by molar-refractivity contribution is 6.02. The van der Waals surface area contributed by atoms with Crippen LogP contribution in [0.1, 0.15) is 84.5 Å². The number of ketones is 1. The van der Waals surface area contributed by atoms with Gasteiger partial charge in [0.15, 0.2) is 5.78 Å². The molecule has 0 spiro atoms. The number of hydrogen-bond acceptors (Lipinski definition) is 3. The van der Waals surface area contributed by atoms with Gasteiger partial charge < -0.3 is 9.72 Å². The molecule has 1 heterocycles. The van der Waals surface area contributed by atoms with Crippen molar-refractivity contribution in [1.29, 1.82) is 0 Å². The number of H-pyrrole nitrogens is 1. The minimum Gasteiger partial charge on any atom is -0.461 e. The third kappa shape index (κ3) is 4.73. The molecule has 1 N–H and O–H groups in total. The summed E-state index contributed by atoms with van der Waals surface area (Å²) in [4.78, 5) is 27.2. The van der Waals surface area contributed by atoms with Crippen LogP contribution in [0.2, 0.25) is 0 Å². The second kappa shape index (κ2) is 8.65. The standard InChI is InChI=1S/C17H27NO3/c1-5-7-8-9-10-11-14(19)15-12(3)16(18-13(15)4)17(20)21-6-2/h18H,5-11H2,1-4H3.